The smallest absolute Gasteiger partial charge is 0.580 e. The molecule has 0 saturated carbocycles. The minimum absolute atomic E-state index is 0.0768. The number of alkyl halides is 9. The van der Waals surface area contributed by atoms with E-state index in [1.165, 1.54) is 0 Å². The van der Waals surface area contributed by atoms with Gasteiger partial charge in [0.15, 0.2) is 0 Å². The molecule has 174 valence electrons. The summed E-state index contributed by atoms with van der Waals surface area (Å²) in [6.45, 7) is 2.36. The van der Waals surface area contributed by atoms with Crippen LogP contribution < -0.4 is 0 Å². The van der Waals surface area contributed by atoms with Gasteiger partial charge in [-0.25, -0.2) is 0 Å². The highest BCUT2D eigenvalue weighted by Gasteiger charge is 2.46. The van der Waals surface area contributed by atoms with Gasteiger partial charge in [0.2, 0.25) is 0 Å². The van der Waals surface area contributed by atoms with Crippen LogP contribution in [0.4, 0.5) is 39.5 Å². The average Bonchev–Trinajstić information content (AvgIpc) is 2.51. The van der Waals surface area contributed by atoms with Crippen molar-refractivity contribution in [2.24, 2.45) is 0 Å². The molecule has 0 spiro atoms. The summed E-state index contributed by atoms with van der Waals surface area (Å²) in [4.78, 5) is 32.7. The van der Waals surface area contributed by atoms with Gasteiger partial charge in [-0.1, -0.05) is 0 Å². The molecule has 31 heavy (non-hydrogen) atoms. The Morgan fingerprint density at radius 1 is 0.548 bits per heavy atom. The van der Waals surface area contributed by atoms with E-state index in [2.05, 4.69) is 0 Å². The Labute approximate surface area is 173 Å². The van der Waals surface area contributed by atoms with Crippen LogP contribution >= 0.6 is 0 Å². The maximum absolute atomic E-state index is 12.3. The summed E-state index contributed by atoms with van der Waals surface area (Å²) in [5.41, 5.74) is 0. The highest BCUT2D eigenvalue weighted by Crippen LogP contribution is 2.21. The predicted molar refractivity (Wildman–Crippen MR) is 83.5 cm³/mol. The lowest BCUT2D eigenvalue weighted by molar-refractivity contribution is -0.165. The van der Waals surface area contributed by atoms with Crippen molar-refractivity contribution in [3.8, 4) is 0 Å². The van der Waals surface area contributed by atoms with Gasteiger partial charge in [0.05, 0.1) is 17.3 Å². The molecule has 0 aliphatic heterocycles. The average molecular weight is 486 g/mol. The fourth-order valence-corrected chi connectivity index (χ4v) is 2.69. The van der Waals surface area contributed by atoms with Gasteiger partial charge in [0.25, 0.3) is 17.3 Å². The van der Waals surface area contributed by atoms with Crippen LogP contribution in [0, 0.1) is 0 Å². The number of rotatable bonds is 9. The Bertz CT molecular complexity index is 686. The molecule has 0 amide bonds. The van der Waals surface area contributed by atoms with Gasteiger partial charge in [0, 0.05) is 18.2 Å². The zero-order chi connectivity index (χ0) is 24.8. The third kappa shape index (κ3) is 11.5. The molecule has 0 aromatic carbocycles. The molecule has 0 unspecified atom stereocenters. The molecule has 0 radical (unpaired) electrons. The number of allylic oxidation sites excluding steroid dienone is 6. The molecule has 0 fully saturated rings. The van der Waals surface area contributed by atoms with Crippen molar-refractivity contribution in [3.05, 3.63) is 35.5 Å². The summed E-state index contributed by atoms with van der Waals surface area (Å²) >= 11 is -4.01. The number of carbonyl (C=O) groups is 3. The molecular weight excluding hydrogens is 474 g/mol. The molecule has 0 bridgehead atoms. The molecule has 0 aliphatic rings. The van der Waals surface area contributed by atoms with Crippen molar-refractivity contribution in [2.75, 3.05) is 0 Å². The maximum Gasteiger partial charge on any atom is 1.20 e. The maximum atomic E-state index is 12.3. The highest BCUT2D eigenvalue weighted by molar-refractivity contribution is 6.37. The normalized spacial score (nSPS) is 14.1. The van der Waals surface area contributed by atoms with Gasteiger partial charge in [-0.05, 0) is 20.8 Å². The minimum Gasteiger partial charge on any atom is -0.580 e. The van der Waals surface area contributed by atoms with Crippen LogP contribution in [-0.4, -0.2) is 51.0 Å². The van der Waals surface area contributed by atoms with Crippen LogP contribution in [-0.2, 0) is 25.7 Å². The second kappa shape index (κ2) is 10.7. The zero-order valence-corrected chi connectivity index (χ0v) is 16.8. The van der Waals surface area contributed by atoms with Gasteiger partial charge in [-0.2, -0.15) is 39.5 Å². The number of carbonyl (C=O) groups excluding carboxylic acids is 3. The van der Waals surface area contributed by atoms with Crippen LogP contribution in [0.2, 0.25) is 0 Å². The van der Waals surface area contributed by atoms with Crippen molar-refractivity contribution in [3.63, 3.8) is 0 Å². The second-order valence-electron chi connectivity index (χ2n) is 5.49. The Kier molecular flexibility index (Phi) is 9.86. The van der Waals surface area contributed by atoms with Crippen LogP contribution in [0.3, 0.4) is 0 Å². The van der Waals surface area contributed by atoms with Gasteiger partial charge < -0.3 is 11.4 Å². The Morgan fingerprint density at radius 3 is 0.903 bits per heavy atom. The van der Waals surface area contributed by atoms with Crippen molar-refractivity contribution >= 4 is 32.5 Å². The lowest BCUT2D eigenvalue weighted by Crippen LogP contribution is -2.28. The van der Waals surface area contributed by atoms with Crippen molar-refractivity contribution in [2.45, 2.75) is 39.3 Å². The van der Waals surface area contributed by atoms with Gasteiger partial charge in [0.1, 0.15) is 0 Å². The first-order chi connectivity index (χ1) is 13.7. The fourth-order valence-electron chi connectivity index (χ4n) is 1.43. The molecule has 0 rings (SSSR count). The SMILES string of the molecule is C/C(=C/C(=O)C(F)(F)F)[O][Al]([O]/C(C)=C\C(=O)C(F)(F)F)[O]/C(C)=C\C(=O)C(F)(F)F. The van der Waals surface area contributed by atoms with Crippen LogP contribution in [0.15, 0.2) is 35.5 Å². The summed E-state index contributed by atoms with van der Waals surface area (Å²) in [5.74, 6) is -9.62. The van der Waals surface area contributed by atoms with Crippen molar-refractivity contribution in [1.29, 1.82) is 0 Å². The highest BCUT2D eigenvalue weighted by atomic mass is 27.3. The standard InChI is InChI=1S/3C5H5F3O2.Al/c3*1-3(9)2-4(10)5(6,7)8;/h3*2,9H,1H3;/q;;;+3/p-3/b3*3-2-;. The molecular formula is C15H12AlF9O6. The fraction of sp³-hybridized carbons (Fsp3) is 0.400. The molecule has 0 aliphatic carbocycles. The third-order valence-electron chi connectivity index (χ3n) is 2.69. The molecule has 0 saturated heterocycles. The van der Waals surface area contributed by atoms with Crippen LogP contribution in [0.5, 0.6) is 0 Å². The van der Waals surface area contributed by atoms with Crippen molar-refractivity contribution < 1.29 is 65.3 Å². The topological polar surface area (TPSA) is 78.9 Å². The van der Waals surface area contributed by atoms with Gasteiger partial charge >= 0.3 is 33.7 Å². The minimum atomic E-state index is -5.30. The van der Waals surface area contributed by atoms with Crippen LogP contribution in [0.1, 0.15) is 20.8 Å². The predicted octanol–water partition coefficient (Wildman–Crippen LogP) is 4.13. The summed E-state index contributed by atoms with van der Waals surface area (Å²) in [7, 11) is 0. The molecule has 0 atom stereocenters. The van der Waals surface area contributed by atoms with E-state index in [9.17, 15) is 53.9 Å². The van der Waals surface area contributed by atoms with E-state index in [-0.39, 0.29) is 18.2 Å². The molecule has 0 aromatic heterocycles. The molecule has 16 heteroatoms. The number of hydrogen-bond donors (Lipinski definition) is 0. The van der Waals surface area contributed by atoms with Gasteiger partial charge in [-0.3, -0.25) is 14.4 Å². The van der Waals surface area contributed by atoms with E-state index < -0.39 is 68.3 Å². The lowest BCUT2D eigenvalue weighted by Gasteiger charge is -2.17. The monoisotopic (exact) mass is 486 g/mol. The van der Waals surface area contributed by atoms with E-state index in [1.807, 2.05) is 0 Å². The van der Waals surface area contributed by atoms with Crippen LogP contribution in [0.25, 0.3) is 0 Å². The lowest BCUT2D eigenvalue weighted by atomic mass is 10.3. The second-order valence-corrected chi connectivity index (χ2v) is 6.78. The van der Waals surface area contributed by atoms with E-state index in [0.29, 0.717) is 0 Å². The molecule has 0 N–H and O–H groups in total. The number of ketones is 3. The summed E-state index contributed by atoms with van der Waals surface area (Å²) in [6, 6.07) is 0. The Hall–Kier alpha value is -2.47. The first-order valence-corrected chi connectivity index (χ1v) is 9.03. The Balaban J connectivity index is 5.72. The molecule has 0 aromatic rings. The quantitative estimate of drug-likeness (QED) is 0.211. The first kappa shape index (κ1) is 28.5. The van der Waals surface area contributed by atoms with E-state index in [4.69, 9.17) is 11.4 Å². The number of hydrogen-bond acceptors (Lipinski definition) is 6. The summed E-state index contributed by atoms with van der Waals surface area (Å²) < 4.78 is 125. The first-order valence-electron chi connectivity index (χ1n) is 7.61. The summed E-state index contributed by atoms with van der Waals surface area (Å²) in [5, 5.41) is 0. The van der Waals surface area contributed by atoms with Crippen molar-refractivity contribution in [1.82, 2.24) is 0 Å². The van der Waals surface area contributed by atoms with E-state index in [0.717, 1.165) is 20.8 Å². The van der Waals surface area contributed by atoms with Gasteiger partial charge in [-0.15, -0.1) is 0 Å². The largest absolute Gasteiger partial charge is 1.20 e. The third-order valence-corrected chi connectivity index (χ3v) is 4.38. The van der Waals surface area contributed by atoms with E-state index in [1.54, 1.807) is 0 Å². The summed E-state index contributed by atoms with van der Waals surface area (Å²) in [6.07, 6.45) is -16.1. The van der Waals surface area contributed by atoms with E-state index >= 15 is 0 Å². The zero-order valence-electron chi connectivity index (χ0n) is 15.7. The molecule has 6 nitrogen and oxygen atoms in total. The Morgan fingerprint density at radius 2 is 0.742 bits per heavy atom. The molecule has 0 heterocycles. The number of halogens is 9.